The van der Waals surface area contributed by atoms with Crippen molar-refractivity contribution in [2.45, 2.75) is 57.6 Å². The van der Waals surface area contributed by atoms with Gasteiger partial charge < -0.3 is 14.9 Å². The largest absolute Gasteiger partial charge is 0.472 e. The molecule has 1 aliphatic rings. The van der Waals surface area contributed by atoms with Gasteiger partial charge in [-0.25, -0.2) is 0 Å². The van der Waals surface area contributed by atoms with E-state index in [1.165, 1.54) is 37.7 Å². The molecule has 18 heavy (non-hydrogen) atoms. The van der Waals surface area contributed by atoms with Crippen LogP contribution in [0.2, 0.25) is 0 Å². The molecular formula is C15H25NO2. The van der Waals surface area contributed by atoms with Crippen molar-refractivity contribution >= 4 is 0 Å². The summed E-state index contributed by atoms with van der Waals surface area (Å²) in [4.78, 5) is 0. The van der Waals surface area contributed by atoms with Gasteiger partial charge in [0.1, 0.15) is 0 Å². The molecule has 2 atom stereocenters. The molecule has 1 aliphatic carbocycles. The molecule has 3 nitrogen and oxygen atoms in total. The van der Waals surface area contributed by atoms with Gasteiger partial charge in [0.2, 0.25) is 0 Å². The molecule has 1 aromatic rings. The fourth-order valence-corrected chi connectivity index (χ4v) is 3.06. The van der Waals surface area contributed by atoms with Gasteiger partial charge in [0.15, 0.2) is 0 Å². The summed E-state index contributed by atoms with van der Waals surface area (Å²) in [6.45, 7) is 2.81. The number of hydrogen-bond acceptors (Lipinski definition) is 3. The molecule has 1 fully saturated rings. The number of furan rings is 1. The molecular weight excluding hydrogens is 226 g/mol. The van der Waals surface area contributed by atoms with Gasteiger partial charge in [0, 0.05) is 12.6 Å². The van der Waals surface area contributed by atoms with Crippen LogP contribution < -0.4 is 5.73 Å². The second-order valence-corrected chi connectivity index (χ2v) is 5.32. The summed E-state index contributed by atoms with van der Waals surface area (Å²) >= 11 is 0. The summed E-state index contributed by atoms with van der Waals surface area (Å²) in [5.41, 5.74) is 7.53. The lowest BCUT2D eigenvalue weighted by atomic mass is 9.81. The fraction of sp³-hybridized carbons (Fsp3) is 0.733. The van der Waals surface area contributed by atoms with Gasteiger partial charge in [-0.1, -0.05) is 19.3 Å². The monoisotopic (exact) mass is 251 g/mol. The highest BCUT2D eigenvalue weighted by Crippen LogP contribution is 2.29. The van der Waals surface area contributed by atoms with Gasteiger partial charge in [0.25, 0.3) is 0 Å². The molecule has 0 aromatic carbocycles. The van der Waals surface area contributed by atoms with Crippen LogP contribution in [-0.4, -0.2) is 18.8 Å². The van der Waals surface area contributed by atoms with Crippen molar-refractivity contribution in [3.05, 3.63) is 24.2 Å². The van der Waals surface area contributed by atoms with E-state index in [4.69, 9.17) is 14.9 Å². The van der Waals surface area contributed by atoms with Crippen LogP contribution in [0, 0.1) is 5.92 Å². The number of hydrogen-bond donors (Lipinski definition) is 1. The molecule has 102 valence electrons. The van der Waals surface area contributed by atoms with E-state index in [-0.39, 0.29) is 12.1 Å². The van der Waals surface area contributed by atoms with E-state index in [2.05, 4.69) is 6.92 Å². The van der Waals surface area contributed by atoms with E-state index in [9.17, 15) is 0 Å². The van der Waals surface area contributed by atoms with E-state index in [1.54, 1.807) is 12.5 Å². The minimum absolute atomic E-state index is 0.0747. The SMILES string of the molecule is CCOC(C(N)Cc1ccoc1)C1CCCCC1. The first-order chi connectivity index (χ1) is 8.81. The molecule has 3 heteroatoms. The Morgan fingerprint density at radius 2 is 2.17 bits per heavy atom. The second kappa shape index (κ2) is 6.95. The van der Waals surface area contributed by atoms with Crippen molar-refractivity contribution in [2.24, 2.45) is 11.7 Å². The first-order valence-corrected chi connectivity index (χ1v) is 7.19. The Hall–Kier alpha value is -0.800. The standard InChI is InChI=1S/C15H25NO2/c1-2-18-15(13-6-4-3-5-7-13)14(16)10-12-8-9-17-11-12/h8-9,11,13-15H,2-7,10,16H2,1H3. The Morgan fingerprint density at radius 1 is 1.39 bits per heavy atom. The molecule has 1 aromatic heterocycles. The van der Waals surface area contributed by atoms with Crippen molar-refractivity contribution in [3.8, 4) is 0 Å². The average molecular weight is 251 g/mol. The smallest absolute Gasteiger partial charge is 0.0935 e. The van der Waals surface area contributed by atoms with Crippen LogP contribution in [0.5, 0.6) is 0 Å². The normalized spacial score (nSPS) is 20.8. The molecule has 0 bridgehead atoms. The third kappa shape index (κ3) is 3.59. The molecule has 1 heterocycles. The van der Waals surface area contributed by atoms with E-state index in [0.717, 1.165) is 13.0 Å². The number of rotatable bonds is 6. The van der Waals surface area contributed by atoms with Gasteiger partial charge in [-0.15, -0.1) is 0 Å². The van der Waals surface area contributed by atoms with Crippen molar-refractivity contribution in [3.63, 3.8) is 0 Å². The van der Waals surface area contributed by atoms with E-state index in [1.807, 2.05) is 6.07 Å². The topological polar surface area (TPSA) is 48.4 Å². The second-order valence-electron chi connectivity index (χ2n) is 5.32. The van der Waals surface area contributed by atoms with Gasteiger partial charge in [-0.3, -0.25) is 0 Å². The fourth-order valence-electron chi connectivity index (χ4n) is 3.06. The molecule has 0 aliphatic heterocycles. The Kier molecular flexibility index (Phi) is 5.26. The van der Waals surface area contributed by atoms with Crippen LogP contribution in [-0.2, 0) is 11.2 Å². The quantitative estimate of drug-likeness (QED) is 0.845. The Balaban J connectivity index is 1.94. The highest BCUT2D eigenvalue weighted by atomic mass is 16.5. The maximum atomic E-state index is 6.36. The predicted octanol–water partition coefficient (Wildman–Crippen LogP) is 3.13. The van der Waals surface area contributed by atoms with Gasteiger partial charge >= 0.3 is 0 Å². The summed E-state index contributed by atoms with van der Waals surface area (Å²) in [5.74, 6) is 0.639. The predicted molar refractivity (Wildman–Crippen MR) is 72.4 cm³/mol. The van der Waals surface area contributed by atoms with Crippen LogP contribution >= 0.6 is 0 Å². The summed E-state index contributed by atoms with van der Waals surface area (Å²) < 4.78 is 11.0. The molecule has 0 amide bonds. The van der Waals surface area contributed by atoms with Crippen LogP contribution in [0.4, 0.5) is 0 Å². The van der Waals surface area contributed by atoms with E-state index in [0.29, 0.717) is 5.92 Å². The van der Waals surface area contributed by atoms with Gasteiger partial charge in [-0.05, 0) is 43.7 Å². The van der Waals surface area contributed by atoms with Crippen molar-refractivity contribution in [2.75, 3.05) is 6.61 Å². The first-order valence-electron chi connectivity index (χ1n) is 7.19. The minimum Gasteiger partial charge on any atom is -0.472 e. The van der Waals surface area contributed by atoms with Gasteiger partial charge in [-0.2, -0.15) is 0 Å². The zero-order valence-corrected chi connectivity index (χ0v) is 11.3. The summed E-state index contributed by atoms with van der Waals surface area (Å²) in [6.07, 6.45) is 11.1. The van der Waals surface area contributed by atoms with Crippen LogP contribution in [0.25, 0.3) is 0 Å². The summed E-state index contributed by atoms with van der Waals surface area (Å²) in [6, 6.07) is 2.06. The molecule has 2 unspecified atom stereocenters. The van der Waals surface area contributed by atoms with Crippen molar-refractivity contribution in [1.82, 2.24) is 0 Å². The lowest BCUT2D eigenvalue weighted by Gasteiger charge is -2.33. The Labute approximate surface area is 110 Å². The minimum atomic E-state index is 0.0747. The maximum absolute atomic E-state index is 6.36. The molecule has 0 saturated heterocycles. The lowest BCUT2D eigenvalue weighted by molar-refractivity contribution is -0.00914. The molecule has 1 saturated carbocycles. The molecule has 0 spiro atoms. The first kappa shape index (κ1) is 13.6. The summed E-state index contributed by atoms with van der Waals surface area (Å²) in [7, 11) is 0. The Bertz CT molecular complexity index is 317. The number of nitrogens with two attached hydrogens (primary N) is 1. The Morgan fingerprint density at radius 3 is 2.78 bits per heavy atom. The average Bonchev–Trinajstić information content (AvgIpc) is 2.89. The highest BCUT2D eigenvalue weighted by Gasteiger charge is 2.29. The molecule has 0 radical (unpaired) electrons. The summed E-state index contributed by atoms with van der Waals surface area (Å²) in [5, 5.41) is 0. The van der Waals surface area contributed by atoms with Crippen molar-refractivity contribution < 1.29 is 9.15 Å². The third-order valence-electron chi connectivity index (χ3n) is 3.95. The third-order valence-corrected chi connectivity index (χ3v) is 3.95. The van der Waals surface area contributed by atoms with E-state index >= 15 is 0 Å². The maximum Gasteiger partial charge on any atom is 0.0935 e. The molecule has 2 rings (SSSR count). The van der Waals surface area contributed by atoms with Crippen molar-refractivity contribution in [1.29, 1.82) is 0 Å². The van der Waals surface area contributed by atoms with Crippen LogP contribution in [0.1, 0.15) is 44.6 Å². The van der Waals surface area contributed by atoms with Crippen LogP contribution in [0.3, 0.4) is 0 Å². The number of ether oxygens (including phenoxy) is 1. The zero-order chi connectivity index (χ0) is 12.8. The highest BCUT2D eigenvalue weighted by molar-refractivity contribution is 5.08. The van der Waals surface area contributed by atoms with Crippen LogP contribution in [0.15, 0.2) is 23.0 Å². The van der Waals surface area contributed by atoms with Gasteiger partial charge in [0.05, 0.1) is 18.6 Å². The molecule has 2 N–H and O–H groups in total. The van der Waals surface area contributed by atoms with E-state index < -0.39 is 0 Å². The lowest BCUT2D eigenvalue weighted by Crippen LogP contribution is -2.44. The zero-order valence-electron chi connectivity index (χ0n) is 11.3.